The van der Waals surface area contributed by atoms with Crippen molar-refractivity contribution in [2.75, 3.05) is 7.11 Å². The van der Waals surface area contributed by atoms with Crippen LogP contribution in [0.3, 0.4) is 0 Å². The van der Waals surface area contributed by atoms with Crippen LogP contribution in [0.2, 0.25) is 0 Å². The Hall–Kier alpha value is -1.68. The van der Waals surface area contributed by atoms with E-state index in [9.17, 15) is 4.79 Å². The number of Topliss-reactive ketones (excluding diaryl/α,β-unsaturated/α-hetero) is 1. The summed E-state index contributed by atoms with van der Waals surface area (Å²) in [6.07, 6.45) is 7.55. The van der Waals surface area contributed by atoms with Crippen LogP contribution < -0.4 is 10.5 Å². The number of ketones is 1. The van der Waals surface area contributed by atoms with Crippen LogP contribution in [0.1, 0.15) is 16.8 Å². The summed E-state index contributed by atoms with van der Waals surface area (Å²) in [5, 5.41) is 0. The van der Waals surface area contributed by atoms with Crippen molar-refractivity contribution in [1.29, 1.82) is 0 Å². The largest absolute Gasteiger partial charge is 0.495 e. The lowest BCUT2D eigenvalue weighted by molar-refractivity contribution is 0.0942. The molecule has 4 nitrogen and oxygen atoms in total. The van der Waals surface area contributed by atoms with Gasteiger partial charge in [-0.15, -0.1) is 0 Å². The molecule has 16 heavy (non-hydrogen) atoms. The fraction of sp³-hybridized carbons (Fsp3) is 0.333. The van der Waals surface area contributed by atoms with Gasteiger partial charge in [0.2, 0.25) is 0 Å². The number of carbonyl (C=O) groups excluding carboxylic acids is 1. The van der Waals surface area contributed by atoms with Crippen LogP contribution in [0, 0.1) is 5.92 Å². The first-order valence-electron chi connectivity index (χ1n) is 5.18. The summed E-state index contributed by atoms with van der Waals surface area (Å²) in [5.41, 5.74) is 6.29. The third-order valence-corrected chi connectivity index (χ3v) is 2.69. The lowest BCUT2D eigenvalue weighted by Gasteiger charge is -2.08. The predicted octanol–water partition coefficient (Wildman–Crippen LogP) is 1.18. The number of carbonyl (C=O) groups is 1. The molecule has 0 saturated heterocycles. The van der Waals surface area contributed by atoms with E-state index < -0.39 is 0 Å². The van der Waals surface area contributed by atoms with Gasteiger partial charge in [-0.05, 0) is 12.5 Å². The number of hydrogen-bond donors (Lipinski definition) is 1. The Morgan fingerprint density at radius 1 is 1.50 bits per heavy atom. The predicted molar refractivity (Wildman–Crippen MR) is 60.3 cm³/mol. The van der Waals surface area contributed by atoms with E-state index in [-0.39, 0.29) is 17.7 Å². The first-order valence-corrected chi connectivity index (χ1v) is 5.18. The number of hydrogen-bond acceptors (Lipinski definition) is 4. The lowest BCUT2D eigenvalue weighted by atomic mass is 9.97. The molecule has 1 aromatic rings. The van der Waals surface area contributed by atoms with Crippen LogP contribution in [0.5, 0.6) is 5.75 Å². The molecule has 1 aliphatic carbocycles. The third-order valence-electron chi connectivity index (χ3n) is 2.69. The molecule has 1 heterocycles. The maximum Gasteiger partial charge on any atom is 0.171 e. The second kappa shape index (κ2) is 4.45. The summed E-state index contributed by atoms with van der Waals surface area (Å²) in [6.45, 7) is 0. The van der Waals surface area contributed by atoms with E-state index in [0.717, 1.165) is 0 Å². The van der Waals surface area contributed by atoms with Gasteiger partial charge in [0, 0.05) is 23.7 Å². The average Bonchev–Trinajstić information content (AvgIpc) is 2.75. The van der Waals surface area contributed by atoms with E-state index >= 15 is 0 Å². The average molecular weight is 218 g/mol. The third kappa shape index (κ3) is 2.12. The van der Waals surface area contributed by atoms with Crippen LogP contribution in [-0.2, 0) is 0 Å². The molecule has 84 valence electrons. The highest BCUT2D eigenvalue weighted by atomic mass is 16.5. The number of nitrogens with two attached hydrogens (primary N) is 1. The summed E-state index contributed by atoms with van der Waals surface area (Å²) >= 11 is 0. The monoisotopic (exact) mass is 218 g/mol. The van der Waals surface area contributed by atoms with Gasteiger partial charge in [-0.1, -0.05) is 12.2 Å². The quantitative estimate of drug-likeness (QED) is 0.611. The molecule has 4 heteroatoms. The summed E-state index contributed by atoms with van der Waals surface area (Å²) in [5.74, 6) is 0.525. The van der Waals surface area contributed by atoms with E-state index in [4.69, 9.17) is 10.5 Å². The molecular formula is C12H14N2O2. The van der Waals surface area contributed by atoms with Gasteiger partial charge in [0.1, 0.15) is 5.75 Å². The van der Waals surface area contributed by atoms with Crippen LogP contribution in [0.4, 0.5) is 0 Å². The fourth-order valence-corrected chi connectivity index (χ4v) is 1.80. The zero-order valence-electron chi connectivity index (χ0n) is 9.09. The van der Waals surface area contributed by atoms with Crippen molar-refractivity contribution in [3.05, 3.63) is 36.2 Å². The van der Waals surface area contributed by atoms with Crippen LogP contribution >= 0.6 is 0 Å². The summed E-state index contributed by atoms with van der Waals surface area (Å²) in [7, 11) is 1.55. The molecule has 0 aliphatic heterocycles. The molecule has 2 N–H and O–H groups in total. The van der Waals surface area contributed by atoms with Gasteiger partial charge in [0.25, 0.3) is 0 Å². The minimum atomic E-state index is -0.121. The Labute approximate surface area is 94.1 Å². The fourth-order valence-electron chi connectivity index (χ4n) is 1.80. The maximum absolute atomic E-state index is 12.1. The Morgan fingerprint density at radius 3 is 2.94 bits per heavy atom. The first-order chi connectivity index (χ1) is 7.70. The van der Waals surface area contributed by atoms with Crippen molar-refractivity contribution in [2.45, 2.75) is 12.5 Å². The Morgan fingerprint density at radius 2 is 2.31 bits per heavy atom. The lowest BCUT2D eigenvalue weighted by Crippen LogP contribution is -2.19. The van der Waals surface area contributed by atoms with Crippen LogP contribution in [-0.4, -0.2) is 23.9 Å². The molecule has 0 bridgehead atoms. The highest BCUT2D eigenvalue weighted by Crippen LogP contribution is 2.22. The Kier molecular flexibility index (Phi) is 3.01. The highest BCUT2D eigenvalue weighted by Gasteiger charge is 2.24. The number of rotatable bonds is 3. The number of allylic oxidation sites excluding steroid dienone is 1. The maximum atomic E-state index is 12.1. The van der Waals surface area contributed by atoms with Gasteiger partial charge >= 0.3 is 0 Å². The molecule has 0 amide bonds. The van der Waals surface area contributed by atoms with E-state index in [1.165, 1.54) is 0 Å². The van der Waals surface area contributed by atoms with E-state index in [0.29, 0.717) is 17.7 Å². The van der Waals surface area contributed by atoms with Crippen molar-refractivity contribution >= 4 is 5.78 Å². The van der Waals surface area contributed by atoms with Crippen LogP contribution in [0.25, 0.3) is 0 Å². The number of nitrogens with zero attached hydrogens (tertiary/aromatic N) is 1. The molecule has 0 aromatic carbocycles. The molecule has 2 unspecified atom stereocenters. The standard InChI is InChI=1S/C12H14N2O2/c1-16-11-5-9(6-14-7-11)12(15)8-2-3-10(13)4-8/h2-3,5-8,10H,4,13H2,1H3. The van der Waals surface area contributed by atoms with Gasteiger partial charge in [-0.25, -0.2) is 0 Å². The molecule has 0 spiro atoms. The van der Waals surface area contributed by atoms with Gasteiger partial charge in [-0.2, -0.15) is 0 Å². The number of methoxy groups -OCH3 is 1. The van der Waals surface area contributed by atoms with E-state index in [1.807, 2.05) is 12.2 Å². The zero-order valence-corrected chi connectivity index (χ0v) is 9.09. The highest BCUT2D eigenvalue weighted by molar-refractivity contribution is 5.99. The summed E-state index contributed by atoms with van der Waals surface area (Å²) in [6, 6.07) is 1.69. The number of aromatic nitrogens is 1. The zero-order chi connectivity index (χ0) is 11.5. The molecule has 2 rings (SSSR count). The van der Waals surface area contributed by atoms with E-state index in [2.05, 4.69) is 4.98 Å². The minimum Gasteiger partial charge on any atom is -0.495 e. The number of pyridine rings is 1. The van der Waals surface area contributed by atoms with Crippen molar-refractivity contribution < 1.29 is 9.53 Å². The SMILES string of the molecule is COc1cncc(C(=O)C2C=CC(N)C2)c1. The molecule has 1 aromatic heterocycles. The van der Waals surface area contributed by atoms with Gasteiger partial charge in [0.15, 0.2) is 5.78 Å². The number of ether oxygens (including phenoxy) is 1. The smallest absolute Gasteiger partial charge is 0.171 e. The molecule has 0 radical (unpaired) electrons. The van der Waals surface area contributed by atoms with Gasteiger partial charge in [0.05, 0.1) is 13.3 Å². The van der Waals surface area contributed by atoms with E-state index in [1.54, 1.807) is 25.6 Å². The second-order valence-corrected chi connectivity index (χ2v) is 3.87. The summed E-state index contributed by atoms with van der Waals surface area (Å²) < 4.78 is 5.03. The van der Waals surface area contributed by atoms with Crippen molar-refractivity contribution in [2.24, 2.45) is 11.7 Å². The van der Waals surface area contributed by atoms with Crippen molar-refractivity contribution in [3.63, 3.8) is 0 Å². The minimum absolute atomic E-state index is 0.00693. The van der Waals surface area contributed by atoms with Crippen LogP contribution in [0.15, 0.2) is 30.6 Å². The summed E-state index contributed by atoms with van der Waals surface area (Å²) in [4.78, 5) is 16.0. The Bertz CT molecular complexity index is 429. The molecular weight excluding hydrogens is 204 g/mol. The molecule has 1 aliphatic rings. The molecule has 2 atom stereocenters. The van der Waals surface area contributed by atoms with Gasteiger partial charge in [-0.3, -0.25) is 9.78 Å². The second-order valence-electron chi connectivity index (χ2n) is 3.87. The van der Waals surface area contributed by atoms with Crippen molar-refractivity contribution in [3.8, 4) is 5.75 Å². The normalized spacial score (nSPS) is 23.4. The van der Waals surface area contributed by atoms with Crippen molar-refractivity contribution in [1.82, 2.24) is 4.98 Å². The molecule has 0 fully saturated rings. The first kappa shape index (κ1) is 10.8. The van der Waals surface area contributed by atoms with Gasteiger partial charge < -0.3 is 10.5 Å². The molecule has 0 saturated carbocycles. The topological polar surface area (TPSA) is 65.2 Å². The Balaban J connectivity index is 2.17.